The zero-order valence-corrected chi connectivity index (χ0v) is 19.3. The first-order valence-corrected chi connectivity index (χ1v) is 12.6. The van der Waals surface area contributed by atoms with Gasteiger partial charge < -0.3 is 5.11 Å². The summed E-state index contributed by atoms with van der Waals surface area (Å²) in [6, 6.07) is 0. The van der Waals surface area contributed by atoms with E-state index in [1.807, 2.05) is 0 Å². The standard InChI is InChI=1S/C27H46O/c1-18(2)7-6-8-19(3)23-11-12-24-22-10-9-20-17-21(28)13-15-26(20,4)25(22)14-16-27(23,24)5/h9,18-19,21-25,28H,6-8,10-17H2,1-5H3/i1+1,2+1,6+1,7+1,18+1. The van der Waals surface area contributed by atoms with Crippen LogP contribution in [0.3, 0.4) is 0 Å². The molecule has 0 heterocycles. The summed E-state index contributed by atoms with van der Waals surface area (Å²) in [4.78, 5) is 0. The minimum atomic E-state index is -0.0766. The fraction of sp³-hybridized carbons (Fsp3) is 0.926. The second-order valence-corrected chi connectivity index (χ2v) is 12.2. The summed E-state index contributed by atoms with van der Waals surface area (Å²) < 4.78 is 0. The molecule has 4 aliphatic rings. The number of rotatable bonds is 5. The molecule has 0 aromatic heterocycles. The molecule has 8 atom stereocenters. The Kier molecular flexibility index (Phi) is 5.80. The van der Waals surface area contributed by atoms with Crippen LogP contribution in [0.1, 0.15) is 105 Å². The van der Waals surface area contributed by atoms with Crippen molar-refractivity contribution < 1.29 is 5.11 Å². The zero-order valence-electron chi connectivity index (χ0n) is 19.3. The normalized spacial score (nSPS) is 46.5. The molecule has 8 unspecified atom stereocenters. The van der Waals surface area contributed by atoms with Crippen molar-refractivity contribution in [1.29, 1.82) is 0 Å². The topological polar surface area (TPSA) is 20.2 Å². The number of allylic oxidation sites excluding steroid dienone is 1. The Morgan fingerprint density at radius 1 is 1.00 bits per heavy atom. The molecule has 0 bridgehead atoms. The predicted octanol–water partition coefficient (Wildman–Crippen LogP) is 7.39. The van der Waals surface area contributed by atoms with Gasteiger partial charge in [-0.3, -0.25) is 0 Å². The Morgan fingerprint density at radius 3 is 2.54 bits per heavy atom. The molecular formula is C27H46O. The molecule has 1 heteroatoms. The highest BCUT2D eigenvalue weighted by molar-refractivity contribution is 5.25. The van der Waals surface area contributed by atoms with E-state index < -0.39 is 0 Å². The van der Waals surface area contributed by atoms with E-state index in [2.05, 4.69) is 40.7 Å². The fourth-order valence-electron chi connectivity index (χ4n) is 8.67. The lowest BCUT2D eigenvalue weighted by molar-refractivity contribution is -0.0573. The second-order valence-electron chi connectivity index (χ2n) is 12.2. The summed E-state index contributed by atoms with van der Waals surface area (Å²) in [7, 11) is 0. The Bertz CT molecular complexity index is 591. The average molecular weight is 392 g/mol. The SMILES string of the molecule is CC(C[13CH2][13CH2][13CH]([13CH3])[13CH3])C1CCC2C3CC=C4CC(O)CCC4(C)C3CCC12C. The van der Waals surface area contributed by atoms with Crippen LogP contribution >= 0.6 is 0 Å². The third-order valence-corrected chi connectivity index (χ3v) is 10.3. The van der Waals surface area contributed by atoms with Crippen LogP contribution in [0.2, 0.25) is 0 Å². The van der Waals surface area contributed by atoms with Crippen LogP contribution in [0, 0.1) is 46.3 Å². The lowest BCUT2D eigenvalue weighted by atomic mass is 9.47. The van der Waals surface area contributed by atoms with Gasteiger partial charge in [-0.1, -0.05) is 65.5 Å². The number of fused-ring (bicyclic) bond motifs is 5. The minimum Gasteiger partial charge on any atom is -0.393 e. The van der Waals surface area contributed by atoms with E-state index in [0.717, 1.165) is 48.3 Å². The molecule has 28 heavy (non-hydrogen) atoms. The molecule has 4 aliphatic carbocycles. The second kappa shape index (κ2) is 7.75. The van der Waals surface area contributed by atoms with Crippen LogP contribution in [-0.4, -0.2) is 11.2 Å². The molecule has 0 saturated heterocycles. The predicted molar refractivity (Wildman–Crippen MR) is 119 cm³/mol. The molecule has 0 aromatic rings. The molecule has 0 aromatic carbocycles. The van der Waals surface area contributed by atoms with E-state index in [9.17, 15) is 5.11 Å². The van der Waals surface area contributed by atoms with Gasteiger partial charge in [-0.2, -0.15) is 0 Å². The number of aliphatic hydroxyl groups is 1. The highest BCUT2D eigenvalue weighted by Gasteiger charge is 2.59. The van der Waals surface area contributed by atoms with Crippen molar-refractivity contribution >= 4 is 0 Å². The van der Waals surface area contributed by atoms with Crippen molar-refractivity contribution in [2.45, 2.75) is 111 Å². The maximum atomic E-state index is 10.2. The van der Waals surface area contributed by atoms with E-state index in [-0.39, 0.29) is 6.10 Å². The van der Waals surface area contributed by atoms with Crippen LogP contribution in [0.15, 0.2) is 11.6 Å². The molecule has 4 rings (SSSR count). The first-order chi connectivity index (χ1) is 13.3. The quantitative estimate of drug-likeness (QED) is 0.382. The lowest BCUT2D eigenvalue weighted by Crippen LogP contribution is -2.50. The number of aliphatic hydroxyl groups excluding tert-OH is 1. The smallest absolute Gasteiger partial charge is 0.0577 e. The summed E-state index contributed by atoms with van der Waals surface area (Å²) in [5, 5.41) is 10.2. The van der Waals surface area contributed by atoms with E-state index in [1.54, 1.807) is 5.57 Å². The summed E-state index contributed by atoms with van der Waals surface area (Å²) >= 11 is 0. The van der Waals surface area contributed by atoms with Crippen LogP contribution < -0.4 is 0 Å². The van der Waals surface area contributed by atoms with Gasteiger partial charge >= 0.3 is 0 Å². The minimum absolute atomic E-state index is 0.0766. The fourth-order valence-corrected chi connectivity index (χ4v) is 8.67. The Morgan fingerprint density at radius 2 is 1.79 bits per heavy atom. The van der Waals surface area contributed by atoms with Crippen molar-refractivity contribution in [2.24, 2.45) is 46.3 Å². The molecule has 0 radical (unpaired) electrons. The summed E-state index contributed by atoms with van der Waals surface area (Å²) in [5.74, 6) is 5.46. The van der Waals surface area contributed by atoms with E-state index in [0.29, 0.717) is 10.8 Å². The van der Waals surface area contributed by atoms with E-state index in [1.165, 1.54) is 57.8 Å². The lowest BCUT2D eigenvalue weighted by Gasteiger charge is -2.58. The van der Waals surface area contributed by atoms with Gasteiger partial charge in [0.25, 0.3) is 0 Å². The first kappa shape index (κ1) is 21.0. The van der Waals surface area contributed by atoms with Gasteiger partial charge in [0.05, 0.1) is 6.10 Å². The summed E-state index contributed by atoms with van der Waals surface area (Å²) in [6.45, 7) is 12.6. The van der Waals surface area contributed by atoms with Gasteiger partial charge in [0.15, 0.2) is 0 Å². The van der Waals surface area contributed by atoms with Crippen LogP contribution in [-0.2, 0) is 0 Å². The van der Waals surface area contributed by atoms with Gasteiger partial charge in [-0.25, -0.2) is 0 Å². The molecule has 1 N–H and O–H groups in total. The molecule has 0 amide bonds. The van der Waals surface area contributed by atoms with Crippen LogP contribution in [0.5, 0.6) is 0 Å². The Balaban J connectivity index is 1.49. The summed E-state index contributed by atoms with van der Waals surface area (Å²) in [5.41, 5.74) is 2.60. The van der Waals surface area contributed by atoms with Crippen molar-refractivity contribution in [2.75, 3.05) is 0 Å². The molecule has 1 nitrogen and oxygen atoms in total. The van der Waals surface area contributed by atoms with Crippen molar-refractivity contribution in [3.05, 3.63) is 11.6 Å². The van der Waals surface area contributed by atoms with Gasteiger partial charge in [0, 0.05) is 0 Å². The number of hydrogen-bond donors (Lipinski definition) is 1. The van der Waals surface area contributed by atoms with Gasteiger partial charge in [0.1, 0.15) is 0 Å². The third-order valence-electron chi connectivity index (χ3n) is 10.3. The molecule has 0 aliphatic heterocycles. The van der Waals surface area contributed by atoms with Gasteiger partial charge in [-0.15, -0.1) is 0 Å². The first-order valence-electron chi connectivity index (χ1n) is 12.6. The largest absolute Gasteiger partial charge is 0.393 e. The van der Waals surface area contributed by atoms with Gasteiger partial charge in [0.2, 0.25) is 0 Å². The van der Waals surface area contributed by atoms with Crippen LogP contribution in [0.25, 0.3) is 0 Å². The average Bonchev–Trinajstić information content (AvgIpc) is 2.99. The highest BCUT2D eigenvalue weighted by atomic mass is 16.3. The summed E-state index contributed by atoms with van der Waals surface area (Å²) in [6.07, 6.45) is 17.2. The number of hydrogen-bond acceptors (Lipinski definition) is 1. The maximum Gasteiger partial charge on any atom is 0.0577 e. The molecule has 160 valence electrons. The zero-order chi connectivity index (χ0) is 20.1. The molecule has 3 fully saturated rings. The maximum absolute atomic E-state index is 10.2. The van der Waals surface area contributed by atoms with E-state index >= 15 is 0 Å². The van der Waals surface area contributed by atoms with E-state index in [4.69, 9.17) is 0 Å². The molecular weight excluding hydrogens is 345 g/mol. The van der Waals surface area contributed by atoms with Crippen LogP contribution in [0.4, 0.5) is 0 Å². The highest BCUT2D eigenvalue weighted by Crippen LogP contribution is 2.67. The third kappa shape index (κ3) is 3.42. The Labute approximate surface area is 174 Å². The van der Waals surface area contributed by atoms with Gasteiger partial charge in [-0.05, 0) is 97.7 Å². The van der Waals surface area contributed by atoms with Crippen molar-refractivity contribution in [3.8, 4) is 0 Å². The molecule has 0 spiro atoms. The molecule has 3 saturated carbocycles. The van der Waals surface area contributed by atoms with Crippen molar-refractivity contribution in [3.63, 3.8) is 0 Å². The van der Waals surface area contributed by atoms with Crippen molar-refractivity contribution in [1.82, 2.24) is 0 Å². The monoisotopic (exact) mass is 391 g/mol. The Hall–Kier alpha value is -0.300.